The molecule has 1 aliphatic rings. The van der Waals surface area contributed by atoms with Gasteiger partial charge in [0.2, 0.25) is 0 Å². The van der Waals surface area contributed by atoms with Crippen LogP contribution in [0, 0.1) is 0 Å². The quantitative estimate of drug-likeness (QED) is 0.800. The second kappa shape index (κ2) is 8.64. The summed E-state index contributed by atoms with van der Waals surface area (Å²) in [4.78, 5) is 15.3. The van der Waals surface area contributed by atoms with Crippen molar-refractivity contribution in [1.29, 1.82) is 0 Å². The van der Waals surface area contributed by atoms with Crippen LogP contribution in [0.5, 0.6) is 0 Å². The number of nitrogens with one attached hydrogen (secondary N) is 1. The van der Waals surface area contributed by atoms with E-state index in [-0.39, 0.29) is 17.4 Å². The van der Waals surface area contributed by atoms with Gasteiger partial charge in [0.25, 0.3) is 5.91 Å². The van der Waals surface area contributed by atoms with Gasteiger partial charge in [0.05, 0.1) is 36.4 Å². The number of rotatable bonds is 6. The molecule has 0 bridgehead atoms. The molecule has 1 N–H and O–H groups in total. The Morgan fingerprint density at radius 3 is 2.50 bits per heavy atom. The molecule has 0 unspecified atom stereocenters. The molecule has 3 rings (SSSR count). The second-order valence-corrected chi connectivity index (χ2v) is 8.52. The van der Waals surface area contributed by atoms with E-state index in [1.165, 1.54) is 0 Å². The number of halogens is 1. The summed E-state index contributed by atoms with van der Waals surface area (Å²) in [7, 11) is 0. The highest BCUT2D eigenvalue weighted by Crippen LogP contribution is 2.24. The lowest BCUT2D eigenvalue weighted by Gasteiger charge is -2.40. The number of benzene rings is 1. The molecule has 2 aromatic rings. The molecular weight excluding hydrogens is 376 g/mol. The van der Waals surface area contributed by atoms with Crippen LogP contribution in [0.3, 0.4) is 0 Å². The van der Waals surface area contributed by atoms with Crippen molar-refractivity contribution in [3.63, 3.8) is 0 Å². The molecule has 6 nitrogen and oxygen atoms in total. The Labute approximate surface area is 171 Å². The van der Waals surface area contributed by atoms with Crippen molar-refractivity contribution in [1.82, 2.24) is 20.0 Å². The highest BCUT2D eigenvalue weighted by atomic mass is 35.5. The van der Waals surface area contributed by atoms with Gasteiger partial charge < -0.3 is 10.1 Å². The summed E-state index contributed by atoms with van der Waals surface area (Å²) in [6, 6.07) is 7.47. The van der Waals surface area contributed by atoms with Gasteiger partial charge in [0, 0.05) is 30.2 Å². The fourth-order valence-corrected chi connectivity index (χ4v) is 3.67. The Bertz CT molecular complexity index is 808. The van der Waals surface area contributed by atoms with Crippen LogP contribution in [0.25, 0.3) is 5.69 Å². The average molecular weight is 405 g/mol. The Kier molecular flexibility index (Phi) is 6.43. The van der Waals surface area contributed by atoms with Crippen molar-refractivity contribution in [3.8, 4) is 5.69 Å². The first kappa shape index (κ1) is 20.8. The van der Waals surface area contributed by atoms with Gasteiger partial charge in [-0.3, -0.25) is 9.69 Å². The van der Waals surface area contributed by atoms with Gasteiger partial charge in [-0.05, 0) is 44.0 Å². The Hall–Kier alpha value is -1.89. The van der Waals surface area contributed by atoms with Gasteiger partial charge in [-0.2, -0.15) is 5.10 Å². The molecule has 2 heterocycles. The lowest BCUT2D eigenvalue weighted by Crippen LogP contribution is -2.55. The van der Waals surface area contributed by atoms with E-state index in [2.05, 4.69) is 43.0 Å². The van der Waals surface area contributed by atoms with E-state index >= 15 is 0 Å². The third-order valence-corrected chi connectivity index (χ3v) is 5.47. The Morgan fingerprint density at radius 1 is 1.25 bits per heavy atom. The highest BCUT2D eigenvalue weighted by Gasteiger charge is 2.29. The smallest absolute Gasteiger partial charge is 0.254 e. The first-order valence-electron chi connectivity index (χ1n) is 9.74. The van der Waals surface area contributed by atoms with Crippen LogP contribution in [-0.2, 0) is 4.74 Å². The first-order chi connectivity index (χ1) is 13.3. The van der Waals surface area contributed by atoms with E-state index in [4.69, 9.17) is 16.3 Å². The Balaban J connectivity index is 1.77. The number of carbonyl (C=O) groups is 1. The van der Waals surface area contributed by atoms with Crippen LogP contribution in [0.4, 0.5) is 0 Å². The molecule has 28 heavy (non-hydrogen) atoms. The number of aromatic nitrogens is 2. The fraction of sp³-hybridized carbons (Fsp3) is 0.524. The molecule has 0 saturated carbocycles. The van der Waals surface area contributed by atoms with Crippen LogP contribution < -0.4 is 5.32 Å². The van der Waals surface area contributed by atoms with Crippen molar-refractivity contribution < 1.29 is 9.53 Å². The second-order valence-electron chi connectivity index (χ2n) is 8.08. The van der Waals surface area contributed by atoms with Gasteiger partial charge >= 0.3 is 0 Å². The number of morpholine rings is 1. The lowest BCUT2D eigenvalue weighted by molar-refractivity contribution is -0.00923. The summed E-state index contributed by atoms with van der Waals surface area (Å²) in [5.41, 5.74) is 2.26. The molecule has 1 aromatic heterocycles. The predicted octanol–water partition coefficient (Wildman–Crippen LogP) is 3.49. The van der Waals surface area contributed by atoms with Crippen LogP contribution in [0.1, 0.15) is 49.7 Å². The topological polar surface area (TPSA) is 59.4 Å². The Morgan fingerprint density at radius 2 is 1.89 bits per heavy atom. The third kappa shape index (κ3) is 4.57. The molecule has 1 aromatic carbocycles. The SMILES string of the molecule is CC(C)c1c(C(=O)NCC(C)(C)N2CCOCC2)cnn1-c1ccc(Cl)cc1. The molecule has 7 heteroatoms. The molecule has 1 saturated heterocycles. The van der Waals surface area contributed by atoms with Crippen molar-refractivity contribution in [2.75, 3.05) is 32.8 Å². The number of amides is 1. The van der Waals surface area contributed by atoms with Gasteiger partial charge in [-0.25, -0.2) is 4.68 Å². The standard InChI is InChI=1S/C21H29ClN4O2/c1-15(2)19-18(13-24-26(19)17-7-5-16(22)6-8-17)20(27)23-14-21(3,4)25-9-11-28-12-10-25/h5-8,13,15H,9-12,14H2,1-4H3,(H,23,27). The van der Waals surface area contributed by atoms with Crippen LogP contribution in [0.15, 0.2) is 30.5 Å². The average Bonchev–Trinajstić information content (AvgIpc) is 3.13. The lowest BCUT2D eigenvalue weighted by atomic mass is 10.0. The van der Waals surface area contributed by atoms with Crippen LogP contribution >= 0.6 is 11.6 Å². The number of carbonyl (C=O) groups excluding carboxylic acids is 1. The molecule has 0 aliphatic carbocycles. The molecule has 1 fully saturated rings. The van der Waals surface area contributed by atoms with E-state index in [0.717, 1.165) is 37.7 Å². The normalized spacial score (nSPS) is 15.8. The molecule has 0 atom stereocenters. The molecule has 152 valence electrons. The summed E-state index contributed by atoms with van der Waals surface area (Å²) in [6.45, 7) is 12.2. The maximum Gasteiger partial charge on any atom is 0.254 e. The molecule has 1 amide bonds. The fourth-order valence-electron chi connectivity index (χ4n) is 3.55. The van der Waals surface area contributed by atoms with Gasteiger partial charge in [0.15, 0.2) is 0 Å². The van der Waals surface area contributed by atoms with Crippen molar-refractivity contribution in [2.24, 2.45) is 0 Å². The maximum absolute atomic E-state index is 13.0. The van der Waals surface area contributed by atoms with Crippen LogP contribution in [0.2, 0.25) is 5.02 Å². The van der Waals surface area contributed by atoms with Crippen molar-refractivity contribution >= 4 is 17.5 Å². The van der Waals surface area contributed by atoms with Crippen molar-refractivity contribution in [2.45, 2.75) is 39.2 Å². The third-order valence-electron chi connectivity index (χ3n) is 5.22. The number of ether oxygens (including phenoxy) is 1. The summed E-state index contributed by atoms with van der Waals surface area (Å²) in [6.07, 6.45) is 1.65. The van der Waals surface area contributed by atoms with E-state index in [9.17, 15) is 4.79 Å². The van der Waals surface area contributed by atoms with E-state index in [0.29, 0.717) is 17.1 Å². The van der Waals surface area contributed by atoms with Crippen molar-refractivity contribution in [3.05, 3.63) is 46.7 Å². The first-order valence-corrected chi connectivity index (χ1v) is 10.1. The summed E-state index contributed by atoms with van der Waals surface area (Å²) >= 11 is 6.00. The van der Waals surface area contributed by atoms with Gasteiger partial charge in [-0.15, -0.1) is 0 Å². The maximum atomic E-state index is 13.0. The van der Waals surface area contributed by atoms with Gasteiger partial charge in [0.1, 0.15) is 0 Å². The number of nitrogens with zero attached hydrogens (tertiary/aromatic N) is 3. The monoisotopic (exact) mass is 404 g/mol. The van der Waals surface area contributed by atoms with E-state index in [1.807, 2.05) is 28.9 Å². The minimum absolute atomic E-state index is 0.0924. The minimum atomic E-state index is -0.135. The van der Waals surface area contributed by atoms with E-state index < -0.39 is 0 Å². The zero-order valence-electron chi connectivity index (χ0n) is 17.0. The number of hydrogen-bond acceptors (Lipinski definition) is 4. The largest absolute Gasteiger partial charge is 0.379 e. The highest BCUT2D eigenvalue weighted by molar-refractivity contribution is 6.30. The molecule has 0 spiro atoms. The number of hydrogen-bond donors (Lipinski definition) is 1. The molecule has 0 radical (unpaired) electrons. The molecule has 1 aliphatic heterocycles. The van der Waals surface area contributed by atoms with Crippen LogP contribution in [-0.4, -0.2) is 59.0 Å². The minimum Gasteiger partial charge on any atom is -0.379 e. The van der Waals surface area contributed by atoms with E-state index in [1.54, 1.807) is 6.20 Å². The molecular formula is C21H29ClN4O2. The van der Waals surface area contributed by atoms with Gasteiger partial charge in [-0.1, -0.05) is 25.4 Å². The zero-order valence-corrected chi connectivity index (χ0v) is 17.8. The predicted molar refractivity (Wildman–Crippen MR) is 111 cm³/mol. The summed E-state index contributed by atoms with van der Waals surface area (Å²) in [5, 5.41) is 8.26. The summed E-state index contributed by atoms with van der Waals surface area (Å²) in [5.74, 6) is 0.0522. The zero-order chi connectivity index (χ0) is 20.3. The summed E-state index contributed by atoms with van der Waals surface area (Å²) < 4.78 is 7.26.